The van der Waals surface area contributed by atoms with Crippen LogP contribution < -0.4 is 9.46 Å². The molecule has 164 valence electrons. The van der Waals surface area contributed by atoms with Gasteiger partial charge in [0.05, 0.1) is 23.0 Å². The van der Waals surface area contributed by atoms with E-state index in [1.807, 2.05) is 26.0 Å². The first-order chi connectivity index (χ1) is 14.6. The van der Waals surface area contributed by atoms with Gasteiger partial charge in [-0.15, -0.1) is 0 Å². The van der Waals surface area contributed by atoms with Crippen LogP contribution in [0.1, 0.15) is 37.8 Å². The van der Waals surface area contributed by atoms with Crippen molar-refractivity contribution in [1.29, 1.82) is 0 Å². The maximum absolute atomic E-state index is 13.3. The summed E-state index contributed by atoms with van der Waals surface area (Å²) < 4.78 is 39.6. The molecule has 0 spiro atoms. The number of sulfonamides is 1. The van der Waals surface area contributed by atoms with Crippen molar-refractivity contribution in [3.05, 3.63) is 59.8 Å². The van der Waals surface area contributed by atoms with Crippen molar-refractivity contribution in [2.45, 2.75) is 42.6 Å². The highest BCUT2D eigenvalue weighted by Gasteiger charge is 2.54. The Bertz CT molecular complexity index is 1260. The molecular weight excluding hydrogens is 416 g/mol. The third kappa shape index (κ3) is 3.59. The molecule has 1 heterocycles. The average molecular weight is 443 g/mol. The Morgan fingerprint density at radius 3 is 2.52 bits per heavy atom. The molecule has 0 unspecified atom stereocenters. The van der Waals surface area contributed by atoms with E-state index in [4.69, 9.17) is 9.47 Å². The lowest BCUT2D eigenvalue weighted by atomic mass is 9.88. The van der Waals surface area contributed by atoms with Gasteiger partial charge >= 0.3 is 0 Å². The van der Waals surface area contributed by atoms with Crippen molar-refractivity contribution in [1.82, 2.24) is 9.71 Å². The van der Waals surface area contributed by atoms with Gasteiger partial charge < -0.3 is 14.5 Å². The first-order valence-corrected chi connectivity index (χ1v) is 11.5. The maximum atomic E-state index is 13.3. The number of carbonyl (C=O) groups excluding carboxylic acids is 1. The summed E-state index contributed by atoms with van der Waals surface area (Å²) >= 11 is 0. The van der Waals surface area contributed by atoms with Gasteiger partial charge in [0.2, 0.25) is 5.91 Å². The minimum Gasteiger partial charge on any atom is -0.496 e. The molecule has 0 bridgehead atoms. The van der Waals surface area contributed by atoms with Gasteiger partial charge in [0.1, 0.15) is 5.75 Å². The minimum atomic E-state index is -4.05. The van der Waals surface area contributed by atoms with Crippen LogP contribution in [0.4, 0.5) is 0 Å². The van der Waals surface area contributed by atoms with E-state index in [1.165, 1.54) is 13.2 Å². The molecule has 2 N–H and O–H groups in total. The third-order valence-electron chi connectivity index (χ3n) is 6.18. The lowest BCUT2D eigenvalue weighted by molar-refractivity contribution is -0.121. The summed E-state index contributed by atoms with van der Waals surface area (Å²) in [6, 6.07) is 12.2. The highest BCUT2D eigenvalue weighted by molar-refractivity contribution is 7.90. The molecule has 1 aliphatic carbocycles. The predicted octanol–water partition coefficient (Wildman–Crippen LogP) is 3.59. The number of nitrogens with one attached hydrogen (secondary N) is 2. The van der Waals surface area contributed by atoms with E-state index in [1.54, 1.807) is 37.6 Å². The molecule has 0 aliphatic heterocycles. The van der Waals surface area contributed by atoms with E-state index in [0.717, 1.165) is 5.56 Å². The number of aromatic nitrogens is 1. The Kier molecular flexibility index (Phi) is 5.10. The highest BCUT2D eigenvalue weighted by Crippen LogP contribution is 2.52. The largest absolute Gasteiger partial charge is 0.496 e. The summed E-state index contributed by atoms with van der Waals surface area (Å²) in [5.74, 6) is -0.000788. The maximum Gasteiger partial charge on any atom is 0.264 e. The molecular formula is C23H26N2O5S. The van der Waals surface area contributed by atoms with Gasteiger partial charge in [0, 0.05) is 29.8 Å². The molecule has 1 amide bonds. The molecule has 1 aromatic heterocycles. The fourth-order valence-corrected chi connectivity index (χ4v) is 5.16. The predicted molar refractivity (Wildman–Crippen MR) is 118 cm³/mol. The van der Waals surface area contributed by atoms with Crippen molar-refractivity contribution in [3.8, 4) is 5.75 Å². The fourth-order valence-electron chi connectivity index (χ4n) is 3.88. The topological polar surface area (TPSA) is 97.5 Å². The summed E-state index contributed by atoms with van der Waals surface area (Å²) in [6.45, 7) is 3.86. The molecule has 7 nitrogen and oxygen atoms in total. The Morgan fingerprint density at radius 1 is 1.13 bits per heavy atom. The van der Waals surface area contributed by atoms with E-state index >= 15 is 0 Å². The van der Waals surface area contributed by atoms with Crippen molar-refractivity contribution in [3.63, 3.8) is 0 Å². The van der Waals surface area contributed by atoms with E-state index < -0.39 is 26.9 Å². The lowest BCUT2D eigenvalue weighted by Gasteiger charge is -2.26. The molecule has 31 heavy (non-hydrogen) atoms. The van der Waals surface area contributed by atoms with Gasteiger partial charge in [-0.1, -0.05) is 12.1 Å². The number of benzene rings is 2. The zero-order valence-corrected chi connectivity index (χ0v) is 18.8. The van der Waals surface area contributed by atoms with Crippen LogP contribution in [0.15, 0.2) is 53.6 Å². The fraction of sp³-hybridized carbons (Fsp3) is 0.348. The molecule has 8 heteroatoms. The molecule has 1 fully saturated rings. The van der Waals surface area contributed by atoms with E-state index in [-0.39, 0.29) is 4.90 Å². The number of fused-ring (bicyclic) bond motifs is 1. The second-order valence-corrected chi connectivity index (χ2v) is 9.99. The standard InChI is InChI=1S/C23H26N2O5S/c1-22(2,30-4)15-8-9-19(29-3)17(14-15)23(11-12-23)21(26)25-31(27,28)20-7-5-6-18-16(20)10-13-24-18/h5-10,13-14,24H,11-12H2,1-4H3,(H,25,26). The van der Waals surface area contributed by atoms with Crippen LogP contribution in [-0.2, 0) is 30.6 Å². The second-order valence-electron chi connectivity index (χ2n) is 8.34. The molecule has 0 saturated heterocycles. The van der Waals surface area contributed by atoms with Crippen molar-refractivity contribution in [2.75, 3.05) is 14.2 Å². The van der Waals surface area contributed by atoms with Crippen LogP contribution in [-0.4, -0.2) is 33.5 Å². The molecule has 1 saturated carbocycles. The molecule has 1 aliphatic rings. The van der Waals surface area contributed by atoms with Crippen LogP contribution >= 0.6 is 0 Å². The van der Waals surface area contributed by atoms with Crippen molar-refractivity contribution >= 4 is 26.8 Å². The van der Waals surface area contributed by atoms with Gasteiger partial charge in [-0.05, 0) is 62.6 Å². The summed E-state index contributed by atoms with van der Waals surface area (Å²) in [5, 5.41) is 0.536. The zero-order valence-electron chi connectivity index (χ0n) is 18.0. The van der Waals surface area contributed by atoms with Gasteiger partial charge in [0.15, 0.2) is 0 Å². The summed E-state index contributed by atoms with van der Waals surface area (Å²) in [4.78, 5) is 16.4. The van der Waals surface area contributed by atoms with Gasteiger partial charge in [-0.25, -0.2) is 13.1 Å². The number of methoxy groups -OCH3 is 2. The number of H-pyrrole nitrogens is 1. The van der Waals surface area contributed by atoms with Crippen LogP contribution in [0.25, 0.3) is 10.9 Å². The number of hydrogen-bond donors (Lipinski definition) is 2. The minimum absolute atomic E-state index is 0.0663. The normalized spacial score (nSPS) is 15.6. The Labute approximate surface area is 181 Å². The molecule has 3 aromatic rings. The third-order valence-corrected chi connectivity index (χ3v) is 7.57. The second kappa shape index (κ2) is 7.39. The first kappa shape index (κ1) is 21.4. The Balaban J connectivity index is 1.71. The zero-order chi connectivity index (χ0) is 22.4. The SMILES string of the molecule is COc1ccc(C(C)(C)OC)cc1C1(C(=O)NS(=O)(=O)c2cccc3[nH]ccc23)CC1. The molecule has 4 rings (SSSR count). The van der Waals surface area contributed by atoms with E-state index in [9.17, 15) is 13.2 Å². The van der Waals surface area contributed by atoms with Crippen LogP contribution in [0.3, 0.4) is 0 Å². The number of ether oxygens (including phenoxy) is 2. The molecule has 2 aromatic carbocycles. The van der Waals surface area contributed by atoms with E-state index in [2.05, 4.69) is 9.71 Å². The van der Waals surface area contributed by atoms with Gasteiger partial charge in [0.25, 0.3) is 10.0 Å². The molecule has 0 atom stereocenters. The van der Waals surface area contributed by atoms with Crippen molar-refractivity contribution in [2.24, 2.45) is 0 Å². The highest BCUT2D eigenvalue weighted by atomic mass is 32.2. The number of hydrogen-bond acceptors (Lipinski definition) is 5. The summed E-state index contributed by atoms with van der Waals surface area (Å²) in [7, 11) is -0.893. The number of aromatic amines is 1. The molecule has 0 radical (unpaired) electrons. The number of rotatable bonds is 7. The number of amides is 1. The van der Waals surface area contributed by atoms with Crippen molar-refractivity contribution < 1.29 is 22.7 Å². The smallest absolute Gasteiger partial charge is 0.264 e. The van der Waals surface area contributed by atoms with Crippen LogP contribution in [0.5, 0.6) is 5.75 Å². The quantitative estimate of drug-likeness (QED) is 0.583. The van der Waals surface area contributed by atoms with Crippen LogP contribution in [0, 0.1) is 0 Å². The first-order valence-electron chi connectivity index (χ1n) is 10.0. The Morgan fingerprint density at radius 2 is 1.87 bits per heavy atom. The van der Waals surface area contributed by atoms with Gasteiger partial charge in [-0.3, -0.25) is 4.79 Å². The average Bonchev–Trinajstić information content (AvgIpc) is 3.42. The van der Waals surface area contributed by atoms with Crippen LogP contribution in [0.2, 0.25) is 0 Å². The van der Waals surface area contributed by atoms with Gasteiger partial charge in [-0.2, -0.15) is 0 Å². The Hall–Kier alpha value is -2.84. The summed E-state index contributed by atoms with van der Waals surface area (Å²) in [5.41, 5.74) is 0.719. The van der Waals surface area contributed by atoms with E-state index in [0.29, 0.717) is 35.1 Å². The number of carbonyl (C=O) groups is 1. The summed E-state index contributed by atoms with van der Waals surface area (Å²) in [6.07, 6.45) is 2.74. The lowest BCUT2D eigenvalue weighted by Crippen LogP contribution is -2.39. The monoisotopic (exact) mass is 442 g/mol.